The van der Waals surface area contributed by atoms with E-state index < -0.39 is 0 Å². The highest BCUT2D eigenvalue weighted by molar-refractivity contribution is 7.12. The van der Waals surface area contributed by atoms with Crippen molar-refractivity contribution in [2.45, 2.75) is 26.8 Å². The molecule has 0 fully saturated rings. The van der Waals surface area contributed by atoms with Gasteiger partial charge < -0.3 is 5.73 Å². The van der Waals surface area contributed by atoms with Crippen LogP contribution in [0.5, 0.6) is 0 Å². The van der Waals surface area contributed by atoms with Crippen molar-refractivity contribution in [1.82, 2.24) is 0 Å². The number of thiophene rings is 1. The standard InChI is InChI=1S/C8H13NS/c1-5-4-6(2)10-8(5)7(3)9/h4,7H,9H2,1-3H3/t7-/m1/s1. The summed E-state index contributed by atoms with van der Waals surface area (Å²) in [5.74, 6) is 0. The Hall–Kier alpha value is -0.340. The van der Waals surface area contributed by atoms with Gasteiger partial charge in [0.1, 0.15) is 0 Å². The van der Waals surface area contributed by atoms with Crippen molar-refractivity contribution < 1.29 is 0 Å². The van der Waals surface area contributed by atoms with Crippen molar-refractivity contribution in [2.24, 2.45) is 5.73 Å². The van der Waals surface area contributed by atoms with E-state index in [0.29, 0.717) is 0 Å². The second-order valence-electron chi connectivity index (χ2n) is 2.69. The molecule has 10 heavy (non-hydrogen) atoms. The summed E-state index contributed by atoms with van der Waals surface area (Å²) in [6, 6.07) is 2.38. The summed E-state index contributed by atoms with van der Waals surface area (Å²) in [7, 11) is 0. The van der Waals surface area contributed by atoms with E-state index in [4.69, 9.17) is 5.73 Å². The van der Waals surface area contributed by atoms with Gasteiger partial charge in [-0.2, -0.15) is 0 Å². The highest BCUT2D eigenvalue weighted by Crippen LogP contribution is 2.25. The predicted molar refractivity (Wildman–Crippen MR) is 46.4 cm³/mol. The van der Waals surface area contributed by atoms with Crippen molar-refractivity contribution in [2.75, 3.05) is 0 Å². The molecule has 0 radical (unpaired) electrons. The Morgan fingerprint density at radius 3 is 2.30 bits per heavy atom. The Balaban J connectivity index is 3.03. The lowest BCUT2D eigenvalue weighted by atomic mass is 10.2. The van der Waals surface area contributed by atoms with Crippen LogP contribution < -0.4 is 5.73 Å². The lowest BCUT2D eigenvalue weighted by molar-refractivity contribution is 0.831. The molecule has 1 aromatic rings. The summed E-state index contributed by atoms with van der Waals surface area (Å²) in [5.41, 5.74) is 7.07. The summed E-state index contributed by atoms with van der Waals surface area (Å²) >= 11 is 1.80. The highest BCUT2D eigenvalue weighted by Gasteiger charge is 2.05. The zero-order valence-corrected chi connectivity index (χ0v) is 7.46. The fraction of sp³-hybridized carbons (Fsp3) is 0.500. The second kappa shape index (κ2) is 2.72. The molecule has 1 atom stereocenters. The smallest absolute Gasteiger partial charge is 0.0363 e. The Labute approximate surface area is 65.9 Å². The third-order valence-electron chi connectivity index (χ3n) is 1.49. The number of aryl methyl sites for hydroxylation is 2. The van der Waals surface area contributed by atoms with Crippen molar-refractivity contribution in [3.63, 3.8) is 0 Å². The topological polar surface area (TPSA) is 26.0 Å². The van der Waals surface area contributed by atoms with Crippen LogP contribution in [0.2, 0.25) is 0 Å². The molecule has 0 saturated heterocycles. The van der Waals surface area contributed by atoms with Crippen LogP contribution >= 0.6 is 11.3 Å². The van der Waals surface area contributed by atoms with Gasteiger partial charge in [0.15, 0.2) is 0 Å². The summed E-state index contributed by atoms with van der Waals surface area (Å²) in [4.78, 5) is 2.67. The van der Waals surface area contributed by atoms with Crippen molar-refractivity contribution in [3.8, 4) is 0 Å². The van der Waals surface area contributed by atoms with Crippen LogP contribution in [0.1, 0.15) is 28.3 Å². The molecule has 1 nitrogen and oxygen atoms in total. The highest BCUT2D eigenvalue weighted by atomic mass is 32.1. The molecule has 0 spiro atoms. The molecular weight excluding hydrogens is 142 g/mol. The Morgan fingerprint density at radius 2 is 2.10 bits per heavy atom. The molecule has 1 rings (SSSR count). The van der Waals surface area contributed by atoms with E-state index in [-0.39, 0.29) is 6.04 Å². The second-order valence-corrected chi connectivity index (χ2v) is 3.98. The Kier molecular flexibility index (Phi) is 2.11. The van der Waals surface area contributed by atoms with Gasteiger partial charge in [-0.25, -0.2) is 0 Å². The quantitative estimate of drug-likeness (QED) is 0.662. The zero-order valence-electron chi connectivity index (χ0n) is 6.64. The van der Waals surface area contributed by atoms with Crippen molar-refractivity contribution in [1.29, 1.82) is 0 Å². The van der Waals surface area contributed by atoms with Crippen LogP contribution in [0.3, 0.4) is 0 Å². The minimum Gasteiger partial charge on any atom is -0.323 e. The molecule has 0 aliphatic heterocycles. The maximum Gasteiger partial charge on any atom is 0.0363 e. The monoisotopic (exact) mass is 155 g/mol. The summed E-state index contributed by atoms with van der Waals surface area (Å²) in [6.07, 6.45) is 0. The Morgan fingerprint density at radius 1 is 1.50 bits per heavy atom. The Bertz CT molecular complexity index is 225. The van der Waals surface area contributed by atoms with Crippen LogP contribution in [0.15, 0.2) is 6.07 Å². The fourth-order valence-corrected chi connectivity index (χ4v) is 2.10. The van der Waals surface area contributed by atoms with Gasteiger partial charge in [0.05, 0.1) is 0 Å². The van der Waals surface area contributed by atoms with Gasteiger partial charge in [0.2, 0.25) is 0 Å². The molecule has 1 heterocycles. The van der Waals surface area contributed by atoms with Gasteiger partial charge in [0, 0.05) is 15.8 Å². The lowest BCUT2D eigenvalue weighted by Crippen LogP contribution is -2.03. The van der Waals surface area contributed by atoms with Crippen LogP contribution in [-0.4, -0.2) is 0 Å². The first-order chi connectivity index (χ1) is 4.61. The first-order valence-electron chi connectivity index (χ1n) is 3.43. The summed E-state index contributed by atoms with van der Waals surface area (Å²) < 4.78 is 0. The first kappa shape index (κ1) is 7.76. The average Bonchev–Trinajstić information content (AvgIpc) is 2.10. The fourth-order valence-electron chi connectivity index (χ4n) is 1.11. The van der Waals surface area contributed by atoms with Crippen LogP contribution in [0.4, 0.5) is 0 Å². The number of nitrogens with two attached hydrogens (primary N) is 1. The molecule has 0 bridgehead atoms. The average molecular weight is 155 g/mol. The summed E-state index contributed by atoms with van der Waals surface area (Å²) in [5, 5.41) is 0. The van der Waals surface area contributed by atoms with Gasteiger partial charge in [0.25, 0.3) is 0 Å². The molecular formula is C8H13NS. The molecule has 1 aromatic heterocycles. The van der Waals surface area contributed by atoms with Crippen LogP contribution in [-0.2, 0) is 0 Å². The maximum atomic E-state index is 5.74. The number of hydrogen-bond donors (Lipinski definition) is 1. The van der Waals surface area contributed by atoms with Crippen LogP contribution in [0.25, 0.3) is 0 Å². The van der Waals surface area contributed by atoms with E-state index in [1.807, 2.05) is 6.92 Å². The van der Waals surface area contributed by atoms with E-state index >= 15 is 0 Å². The molecule has 2 N–H and O–H groups in total. The third kappa shape index (κ3) is 1.39. The maximum absolute atomic E-state index is 5.74. The predicted octanol–water partition coefficient (Wildman–Crippen LogP) is 2.38. The minimum atomic E-state index is 0.193. The molecule has 0 unspecified atom stereocenters. The van der Waals surface area contributed by atoms with Crippen LogP contribution in [0, 0.1) is 13.8 Å². The van der Waals surface area contributed by atoms with E-state index in [2.05, 4.69) is 19.9 Å². The molecule has 0 aliphatic rings. The molecule has 0 amide bonds. The molecule has 0 aliphatic carbocycles. The van der Waals surface area contributed by atoms with E-state index in [1.165, 1.54) is 15.3 Å². The molecule has 0 saturated carbocycles. The molecule has 2 heteroatoms. The van der Waals surface area contributed by atoms with E-state index in [9.17, 15) is 0 Å². The third-order valence-corrected chi connectivity index (χ3v) is 2.85. The lowest BCUT2D eigenvalue weighted by Gasteiger charge is -2.01. The van der Waals surface area contributed by atoms with Crippen molar-refractivity contribution >= 4 is 11.3 Å². The minimum absolute atomic E-state index is 0.193. The van der Waals surface area contributed by atoms with E-state index in [1.54, 1.807) is 11.3 Å². The van der Waals surface area contributed by atoms with Gasteiger partial charge in [-0.05, 0) is 32.4 Å². The van der Waals surface area contributed by atoms with Gasteiger partial charge in [-0.1, -0.05) is 0 Å². The number of hydrogen-bond acceptors (Lipinski definition) is 2. The first-order valence-corrected chi connectivity index (χ1v) is 4.25. The van der Waals surface area contributed by atoms with Gasteiger partial charge in [-0.15, -0.1) is 11.3 Å². The van der Waals surface area contributed by atoms with E-state index in [0.717, 1.165) is 0 Å². The molecule has 56 valence electrons. The van der Waals surface area contributed by atoms with Gasteiger partial charge >= 0.3 is 0 Å². The normalized spacial score (nSPS) is 13.6. The van der Waals surface area contributed by atoms with Gasteiger partial charge in [-0.3, -0.25) is 0 Å². The SMILES string of the molecule is Cc1cc(C)c([C@@H](C)N)s1. The van der Waals surface area contributed by atoms with Crippen molar-refractivity contribution in [3.05, 3.63) is 21.4 Å². The largest absolute Gasteiger partial charge is 0.323 e. The number of rotatable bonds is 1. The molecule has 0 aromatic carbocycles. The summed E-state index contributed by atoms with van der Waals surface area (Å²) in [6.45, 7) is 6.25. The zero-order chi connectivity index (χ0) is 7.72.